The van der Waals surface area contributed by atoms with Gasteiger partial charge in [-0.05, 0) is 43.7 Å². The maximum atomic E-state index is 7.71. The second-order valence-corrected chi connectivity index (χ2v) is 5.85. The van der Waals surface area contributed by atoms with E-state index in [1.165, 1.54) is 24.1 Å². The number of hydrogen-bond donors (Lipinski definition) is 2. The largest absolute Gasteiger partial charge is 0.385 e. The summed E-state index contributed by atoms with van der Waals surface area (Å²) >= 11 is 1.68. The van der Waals surface area contributed by atoms with E-state index in [4.69, 9.17) is 20.9 Å². The van der Waals surface area contributed by atoms with E-state index in [9.17, 15) is 0 Å². The summed E-state index contributed by atoms with van der Waals surface area (Å²) in [5, 5.41) is 8.62. The summed E-state index contributed by atoms with van der Waals surface area (Å²) in [5.41, 5.74) is 8.95. The van der Waals surface area contributed by atoms with Crippen LogP contribution in [-0.2, 0) is 17.6 Å². The van der Waals surface area contributed by atoms with Crippen LogP contribution in [0.1, 0.15) is 36.1 Å². The maximum absolute atomic E-state index is 7.71. The Bertz CT molecular complexity index is 462. The zero-order valence-electron chi connectivity index (χ0n) is 11.4. The summed E-state index contributed by atoms with van der Waals surface area (Å²) < 4.78 is 5.05. The molecule has 3 N–H and O–H groups in total. The first kappa shape index (κ1) is 14.3. The van der Waals surface area contributed by atoms with E-state index in [0.717, 1.165) is 42.2 Å². The molecule has 0 radical (unpaired) electrons. The molecular weight excluding hydrogens is 258 g/mol. The van der Waals surface area contributed by atoms with Crippen molar-refractivity contribution in [3.63, 3.8) is 0 Å². The number of ether oxygens (including phenoxy) is 1. The van der Waals surface area contributed by atoms with E-state index >= 15 is 0 Å². The average molecular weight is 279 g/mol. The molecule has 0 unspecified atom stereocenters. The second-order valence-electron chi connectivity index (χ2n) is 4.76. The van der Waals surface area contributed by atoms with Crippen LogP contribution in [0.2, 0.25) is 0 Å². The van der Waals surface area contributed by atoms with E-state index in [0.29, 0.717) is 0 Å². The molecule has 19 heavy (non-hydrogen) atoms. The minimum Gasteiger partial charge on any atom is -0.385 e. The molecular formula is C14H21N3OS. The predicted molar refractivity (Wildman–Crippen MR) is 79.1 cm³/mol. The monoisotopic (exact) mass is 279 g/mol. The number of aromatic nitrogens is 1. The number of methoxy groups -OCH3 is 1. The lowest BCUT2D eigenvalue weighted by Gasteiger charge is -2.18. The third-order valence-corrected chi connectivity index (χ3v) is 4.37. The molecule has 0 amide bonds. The van der Waals surface area contributed by atoms with Gasteiger partial charge in [-0.1, -0.05) is 0 Å². The standard InChI is InChI=1S/C14H21N3OS/c1-18-7-4-8-19-14-11(13(15)16)9-10-5-2-3-6-12(10)17-14/h9H,2-8H2,1H3,(H3,15,16). The van der Waals surface area contributed by atoms with Crippen molar-refractivity contribution in [1.82, 2.24) is 4.98 Å². The minimum atomic E-state index is 0.120. The molecule has 1 aliphatic rings. The van der Waals surface area contributed by atoms with Crippen LogP contribution in [0.3, 0.4) is 0 Å². The summed E-state index contributed by atoms with van der Waals surface area (Å²) in [6, 6.07) is 2.07. The molecule has 5 heteroatoms. The van der Waals surface area contributed by atoms with Crippen molar-refractivity contribution in [2.24, 2.45) is 5.73 Å². The SMILES string of the molecule is COCCCSc1nc2c(cc1C(=N)N)CCCC2. The normalized spacial score (nSPS) is 14.2. The van der Waals surface area contributed by atoms with E-state index < -0.39 is 0 Å². The summed E-state index contributed by atoms with van der Waals surface area (Å²) in [7, 11) is 1.71. The number of thioether (sulfide) groups is 1. The predicted octanol–water partition coefficient (Wildman–Crippen LogP) is 2.37. The molecule has 0 bridgehead atoms. The van der Waals surface area contributed by atoms with Crippen LogP contribution >= 0.6 is 11.8 Å². The smallest absolute Gasteiger partial charge is 0.125 e. The number of aryl methyl sites for hydroxylation is 2. The first-order valence-electron chi connectivity index (χ1n) is 6.71. The van der Waals surface area contributed by atoms with Gasteiger partial charge in [-0.3, -0.25) is 5.41 Å². The second kappa shape index (κ2) is 6.91. The van der Waals surface area contributed by atoms with Crippen LogP contribution in [0.15, 0.2) is 11.1 Å². The number of hydrogen-bond acceptors (Lipinski definition) is 4. The first-order valence-corrected chi connectivity index (χ1v) is 7.70. The maximum Gasteiger partial charge on any atom is 0.125 e. The third kappa shape index (κ3) is 3.70. The highest BCUT2D eigenvalue weighted by molar-refractivity contribution is 7.99. The highest BCUT2D eigenvalue weighted by atomic mass is 32.2. The van der Waals surface area contributed by atoms with Gasteiger partial charge in [-0.2, -0.15) is 0 Å². The third-order valence-electron chi connectivity index (χ3n) is 3.29. The topological polar surface area (TPSA) is 72.0 Å². The van der Waals surface area contributed by atoms with Crippen LogP contribution < -0.4 is 5.73 Å². The Balaban J connectivity index is 2.17. The Morgan fingerprint density at radius 1 is 1.47 bits per heavy atom. The van der Waals surface area contributed by atoms with Crippen LogP contribution in [-0.4, -0.2) is 30.3 Å². The van der Waals surface area contributed by atoms with Crippen LogP contribution in [0.5, 0.6) is 0 Å². The molecule has 0 spiro atoms. The number of nitrogens with one attached hydrogen (secondary N) is 1. The lowest BCUT2D eigenvalue weighted by molar-refractivity contribution is 0.200. The molecule has 0 aromatic carbocycles. The number of amidine groups is 1. The molecule has 1 aromatic heterocycles. The first-order chi connectivity index (χ1) is 9.22. The fourth-order valence-electron chi connectivity index (χ4n) is 2.29. The summed E-state index contributed by atoms with van der Waals surface area (Å²) in [5.74, 6) is 1.06. The molecule has 0 atom stereocenters. The fraction of sp³-hybridized carbons (Fsp3) is 0.571. The Hall–Kier alpha value is -1.07. The average Bonchev–Trinajstić information content (AvgIpc) is 2.42. The highest BCUT2D eigenvalue weighted by Crippen LogP contribution is 2.27. The number of nitrogens with two attached hydrogens (primary N) is 1. The molecule has 1 aromatic rings. The summed E-state index contributed by atoms with van der Waals surface area (Å²) in [4.78, 5) is 4.73. The van der Waals surface area contributed by atoms with Gasteiger partial charge in [-0.15, -0.1) is 11.8 Å². The van der Waals surface area contributed by atoms with Gasteiger partial charge in [0.25, 0.3) is 0 Å². The van der Waals surface area contributed by atoms with Crippen molar-refractivity contribution in [2.75, 3.05) is 19.5 Å². The van der Waals surface area contributed by atoms with Crippen molar-refractivity contribution in [1.29, 1.82) is 5.41 Å². The van der Waals surface area contributed by atoms with Gasteiger partial charge in [0, 0.05) is 30.7 Å². The van der Waals surface area contributed by atoms with E-state index in [1.807, 2.05) is 0 Å². The van der Waals surface area contributed by atoms with Gasteiger partial charge >= 0.3 is 0 Å². The minimum absolute atomic E-state index is 0.120. The lowest BCUT2D eigenvalue weighted by atomic mass is 9.95. The molecule has 0 saturated heterocycles. The van der Waals surface area contributed by atoms with Crippen molar-refractivity contribution in [3.8, 4) is 0 Å². The molecule has 1 aliphatic carbocycles. The summed E-state index contributed by atoms with van der Waals surface area (Å²) in [6.07, 6.45) is 5.53. The molecule has 1 heterocycles. The zero-order chi connectivity index (χ0) is 13.7. The van der Waals surface area contributed by atoms with Crippen molar-refractivity contribution < 1.29 is 4.74 Å². The quantitative estimate of drug-likeness (QED) is 0.363. The number of pyridine rings is 1. The summed E-state index contributed by atoms with van der Waals surface area (Å²) in [6.45, 7) is 0.757. The van der Waals surface area contributed by atoms with E-state index in [2.05, 4.69) is 6.07 Å². The van der Waals surface area contributed by atoms with Gasteiger partial charge in [-0.25, -0.2) is 4.98 Å². The van der Waals surface area contributed by atoms with Crippen molar-refractivity contribution in [2.45, 2.75) is 37.1 Å². The highest BCUT2D eigenvalue weighted by Gasteiger charge is 2.16. The van der Waals surface area contributed by atoms with Gasteiger partial charge < -0.3 is 10.5 Å². The zero-order valence-corrected chi connectivity index (χ0v) is 12.2. The van der Waals surface area contributed by atoms with Gasteiger partial charge in [0.2, 0.25) is 0 Å². The Morgan fingerprint density at radius 2 is 2.26 bits per heavy atom. The number of nitrogen functional groups attached to an aromatic ring is 1. The Labute approximate surface area is 118 Å². The fourth-order valence-corrected chi connectivity index (χ4v) is 3.24. The molecule has 104 valence electrons. The van der Waals surface area contributed by atoms with E-state index in [-0.39, 0.29) is 5.84 Å². The van der Waals surface area contributed by atoms with Crippen molar-refractivity contribution in [3.05, 3.63) is 22.9 Å². The lowest BCUT2D eigenvalue weighted by Crippen LogP contribution is -2.16. The van der Waals surface area contributed by atoms with Gasteiger partial charge in [0.15, 0.2) is 0 Å². The molecule has 2 rings (SSSR count). The van der Waals surface area contributed by atoms with Crippen LogP contribution in [0.4, 0.5) is 0 Å². The van der Waals surface area contributed by atoms with Crippen molar-refractivity contribution >= 4 is 17.6 Å². The Morgan fingerprint density at radius 3 is 3.00 bits per heavy atom. The van der Waals surface area contributed by atoms with E-state index in [1.54, 1.807) is 18.9 Å². The molecule has 0 saturated carbocycles. The molecule has 0 aliphatic heterocycles. The number of rotatable bonds is 6. The number of nitrogens with zero attached hydrogens (tertiary/aromatic N) is 1. The van der Waals surface area contributed by atoms with Gasteiger partial charge in [0.1, 0.15) is 10.9 Å². The molecule has 4 nitrogen and oxygen atoms in total. The Kier molecular flexibility index (Phi) is 5.22. The number of fused-ring (bicyclic) bond motifs is 1. The molecule has 0 fully saturated rings. The van der Waals surface area contributed by atoms with Crippen LogP contribution in [0.25, 0.3) is 0 Å². The van der Waals surface area contributed by atoms with Crippen LogP contribution in [0, 0.1) is 5.41 Å². The van der Waals surface area contributed by atoms with Gasteiger partial charge in [0.05, 0.1) is 0 Å².